The average Bonchev–Trinajstić information content (AvgIpc) is 2.55. The first kappa shape index (κ1) is 19.0. The summed E-state index contributed by atoms with van der Waals surface area (Å²) < 4.78 is 32.8. The number of aliphatic carboxylic acids is 1. The van der Waals surface area contributed by atoms with Crippen LogP contribution in [0.4, 0.5) is 0 Å². The van der Waals surface area contributed by atoms with Crippen molar-refractivity contribution in [2.45, 2.75) is 31.2 Å². The Bertz CT molecular complexity index is 814. The molecule has 1 N–H and O–H groups in total. The number of aryl methyl sites for hydroxylation is 1. The molecule has 2 aromatic carbocycles. The summed E-state index contributed by atoms with van der Waals surface area (Å²) in [6.45, 7) is 4.20. The second kappa shape index (κ2) is 8.13. The Hall–Kier alpha value is -2.38. The van der Waals surface area contributed by atoms with E-state index in [9.17, 15) is 18.3 Å². The van der Waals surface area contributed by atoms with E-state index >= 15 is 0 Å². The van der Waals surface area contributed by atoms with Crippen LogP contribution in [0.2, 0.25) is 0 Å². The monoisotopic (exact) mass is 362 g/mol. The third-order valence-corrected chi connectivity index (χ3v) is 5.08. The zero-order valence-corrected chi connectivity index (χ0v) is 14.9. The van der Waals surface area contributed by atoms with Gasteiger partial charge in [0, 0.05) is 12.4 Å². The first-order chi connectivity index (χ1) is 11.8. The molecular weight excluding hydrogens is 342 g/mol. The average molecular weight is 362 g/mol. The number of ether oxygens (including phenoxy) is 1. The highest BCUT2D eigenvalue weighted by atomic mass is 32.2. The Kier molecular flexibility index (Phi) is 6.17. The minimum absolute atomic E-state index is 0.0763. The van der Waals surface area contributed by atoms with Crippen molar-refractivity contribution in [2.75, 3.05) is 6.61 Å². The number of hydrogen-bond donors (Lipinski definition) is 1. The number of rotatable bonds is 8. The zero-order valence-electron chi connectivity index (χ0n) is 14.1. The van der Waals surface area contributed by atoms with Crippen LogP contribution >= 0.6 is 0 Å². The lowest BCUT2D eigenvalue weighted by molar-refractivity contribution is -0.306. The highest BCUT2D eigenvalue weighted by Gasteiger charge is 2.21. The zero-order chi connectivity index (χ0) is 18.4. The summed E-state index contributed by atoms with van der Waals surface area (Å²) in [6.07, 6.45) is -0.473. The Morgan fingerprint density at radius 3 is 2.24 bits per heavy atom. The summed E-state index contributed by atoms with van der Waals surface area (Å²) in [5, 5.41) is 11.0. The van der Waals surface area contributed by atoms with Crippen LogP contribution in [0.15, 0.2) is 53.4 Å². The molecule has 0 bridgehead atoms. The molecule has 6 nitrogen and oxygen atoms in total. The molecule has 0 unspecified atom stereocenters. The molecule has 0 saturated carbocycles. The SMILES string of the molecule is CCOc1ccc([C@H](CC(=O)[O-])NS(=O)(=O)c2ccc(C)cc2)cc1. The normalized spacial score (nSPS) is 12.6. The molecule has 0 aliphatic rings. The number of hydrogen-bond acceptors (Lipinski definition) is 5. The van der Waals surface area contributed by atoms with Gasteiger partial charge < -0.3 is 14.6 Å². The molecule has 0 fully saturated rings. The number of nitrogens with one attached hydrogen (secondary N) is 1. The standard InChI is InChI=1S/C18H21NO5S/c1-3-24-15-8-6-14(7-9-15)17(12-18(20)21)19-25(22,23)16-10-4-13(2)5-11-16/h4-11,17,19H,3,12H2,1-2H3,(H,20,21)/p-1/t17-/m0/s1. The molecule has 0 aromatic heterocycles. The Morgan fingerprint density at radius 2 is 1.72 bits per heavy atom. The second-order valence-electron chi connectivity index (χ2n) is 5.57. The van der Waals surface area contributed by atoms with Crippen molar-refractivity contribution in [3.8, 4) is 5.75 Å². The van der Waals surface area contributed by atoms with Crippen molar-refractivity contribution in [1.29, 1.82) is 0 Å². The van der Waals surface area contributed by atoms with Gasteiger partial charge in [-0.25, -0.2) is 13.1 Å². The number of benzene rings is 2. The second-order valence-corrected chi connectivity index (χ2v) is 7.28. The predicted molar refractivity (Wildman–Crippen MR) is 91.5 cm³/mol. The van der Waals surface area contributed by atoms with E-state index in [0.717, 1.165) is 5.56 Å². The van der Waals surface area contributed by atoms with Gasteiger partial charge in [-0.05, 0) is 43.7 Å². The molecule has 25 heavy (non-hydrogen) atoms. The maximum Gasteiger partial charge on any atom is 0.241 e. The van der Waals surface area contributed by atoms with E-state index in [2.05, 4.69) is 4.72 Å². The first-order valence-electron chi connectivity index (χ1n) is 7.83. The fraction of sp³-hybridized carbons (Fsp3) is 0.278. The van der Waals surface area contributed by atoms with E-state index in [4.69, 9.17) is 4.74 Å². The largest absolute Gasteiger partial charge is 0.550 e. The Balaban J connectivity index is 2.27. The predicted octanol–water partition coefficient (Wildman–Crippen LogP) is 1.55. The third-order valence-electron chi connectivity index (χ3n) is 3.59. The van der Waals surface area contributed by atoms with Crippen molar-refractivity contribution in [1.82, 2.24) is 4.72 Å². The maximum atomic E-state index is 12.5. The van der Waals surface area contributed by atoms with E-state index in [1.807, 2.05) is 13.8 Å². The molecular formula is C18H20NO5S-. The molecule has 0 saturated heterocycles. The molecule has 0 aliphatic heterocycles. The number of carbonyl (C=O) groups excluding carboxylic acids is 1. The van der Waals surface area contributed by atoms with E-state index in [1.165, 1.54) is 12.1 Å². The van der Waals surface area contributed by atoms with Crippen LogP contribution in [-0.4, -0.2) is 21.0 Å². The molecule has 134 valence electrons. The third kappa shape index (κ3) is 5.30. The topological polar surface area (TPSA) is 95.5 Å². The van der Waals surface area contributed by atoms with Gasteiger partial charge in [-0.2, -0.15) is 0 Å². The highest BCUT2D eigenvalue weighted by molar-refractivity contribution is 7.89. The molecule has 0 aliphatic carbocycles. The van der Waals surface area contributed by atoms with Gasteiger partial charge in [0.1, 0.15) is 5.75 Å². The van der Waals surface area contributed by atoms with Crippen molar-refractivity contribution in [3.63, 3.8) is 0 Å². The van der Waals surface area contributed by atoms with Crippen molar-refractivity contribution >= 4 is 16.0 Å². The lowest BCUT2D eigenvalue weighted by Crippen LogP contribution is -2.34. The van der Waals surface area contributed by atoms with Gasteiger partial charge in [0.05, 0.1) is 17.5 Å². The lowest BCUT2D eigenvalue weighted by Gasteiger charge is -2.20. The lowest BCUT2D eigenvalue weighted by atomic mass is 10.0. The molecule has 0 radical (unpaired) electrons. The number of carboxylic acid groups (broad SMARTS) is 1. The van der Waals surface area contributed by atoms with Gasteiger partial charge in [-0.3, -0.25) is 0 Å². The summed E-state index contributed by atoms with van der Waals surface area (Å²) in [5.41, 5.74) is 1.44. The van der Waals surface area contributed by atoms with Crippen LogP contribution < -0.4 is 14.6 Å². The molecule has 0 heterocycles. The van der Waals surface area contributed by atoms with E-state index in [-0.39, 0.29) is 4.90 Å². The maximum absolute atomic E-state index is 12.5. The minimum atomic E-state index is -3.86. The fourth-order valence-corrected chi connectivity index (χ4v) is 3.55. The molecule has 2 aromatic rings. The number of sulfonamides is 1. The molecule has 2 rings (SSSR count). The van der Waals surface area contributed by atoms with Gasteiger partial charge in [0.2, 0.25) is 10.0 Å². The minimum Gasteiger partial charge on any atom is -0.550 e. The summed E-state index contributed by atoms with van der Waals surface area (Å²) in [7, 11) is -3.86. The van der Waals surface area contributed by atoms with Crippen LogP contribution in [0.25, 0.3) is 0 Å². The van der Waals surface area contributed by atoms with Crippen LogP contribution in [0.1, 0.15) is 30.5 Å². The van der Waals surface area contributed by atoms with Gasteiger partial charge in [-0.1, -0.05) is 29.8 Å². The Morgan fingerprint density at radius 1 is 1.12 bits per heavy atom. The summed E-state index contributed by atoms with van der Waals surface area (Å²) in [4.78, 5) is 11.1. The summed E-state index contributed by atoms with van der Waals surface area (Å²) in [6, 6.07) is 12.0. The molecule has 0 amide bonds. The van der Waals surface area contributed by atoms with E-state index < -0.39 is 28.5 Å². The van der Waals surface area contributed by atoms with Crippen molar-refractivity contribution < 1.29 is 23.1 Å². The first-order valence-corrected chi connectivity index (χ1v) is 9.31. The quantitative estimate of drug-likeness (QED) is 0.769. The van der Waals surface area contributed by atoms with Crippen molar-refractivity contribution in [2.24, 2.45) is 0 Å². The van der Waals surface area contributed by atoms with Gasteiger partial charge >= 0.3 is 0 Å². The highest BCUT2D eigenvalue weighted by Crippen LogP contribution is 2.23. The van der Waals surface area contributed by atoms with Gasteiger partial charge in [-0.15, -0.1) is 0 Å². The fourth-order valence-electron chi connectivity index (χ4n) is 2.33. The van der Waals surface area contributed by atoms with Crippen molar-refractivity contribution in [3.05, 3.63) is 59.7 Å². The summed E-state index contributed by atoms with van der Waals surface area (Å²) >= 11 is 0. The smallest absolute Gasteiger partial charge is 0.241 e. The summed E-state index contributed by atoms with van der Waals surface area (Å²) in [5.74, 6) is -0.717. The molecule has 7 heteroatoms. The van der Waals surface area contributed by atoms with Crippen LogP contribution in [0.3, 0.4) is 0 Å². The van der Waals surface area contributed by atoms with E-state index in [0.29, 0.717) is 17.9 Å². The Labute approximate surface area is 147 Å². The molecule has 1 atom stereocenters. The van der Waals surface area contributed by atoms with Gasteiger partial charge in [0.15, 0.2) is 0 Å². The van der Waals surface area contributed by atoms with Crippen LogP contribution in [0, 0.1) is 6.92 Å². The number of carbonyl (C=O) groups is 1. The van der Waals surface area contributed by atoms with E-state index in [1.54, 1.807) is 36.4 Å². The molecule has 0 spiro atoms. The van der Waals surface area contributed by atoms with Crippen LogP contribution in [-0.2, 0) is 14.8 Å². The van der Waals surface area contributed by atoms with Gasteiger partial charge in [0.25, 0.3) is 0 Å². The van der Waals surface area contributed by atoms with Crippen LogP contribution in [0.5, 0.6) is 5.75 Å². The number of carboxylic acids is 1.